The Kier molecular flexibility index (Phi) is 2.48. The van der Waals surface area contributed by atoms with Crippen LogP contribution >= 0.6 is 0 Å². The Bertz CT molecular complexity index is 637. The summed E-state index contributed by atoms with van der Waals surface area (Å²) >= 11 is 0. The molecule has 0 bridgehead atoms. The maximum Gasteiger partial charge on any atom is 0.253 e. The van der Waals surface area contributed by atoms with Gasteiger partial charge >= 0.3 is 0 Å². The highest BCUT2D eigenvalue weighted by Crippen LogP contribution is 2.18. The van der Waals surface area contributed by atoms with E-state index in [9.17, 15) is 9.59 Å². The van der Waals surface area contributed by atoms with Crippen LogP contribution in [0.2, 0.25) is 0 Å². The molecule has 0 aliphatic carbocycles. The van der Waals surface area contributed by atoms with Crippen LogP contribution in [-0.4, -0.2) is 28.2 Å². The van der Waals surface area contributed by atoms with Crippen molar-refractivity contribution in [3.05, 3.63) is 48.2 Å². The van der Waals surface area contributed by atoms with Gasteiger partial charge in [-0.05, 0) is 18.1 Å². The van der Waals surface area contributed by atoms with Crippen molar-refractivity contribution in [3.8, 4) is 0 Å². The number of aromatic amines is 1. The summed E-state index contributed by atoms with van der Waals surface area (Å²) in [6, 6.07) is 7.99. The normalized spacial score (nSPS) is 15.0. The van der Waals surface area contributed by atoms with E-state index in [1.54, 1.807) is 0 Å². The fraction of sp³-hybridized carbons (Fsp3) is 0.143. The number of rotatable bonds is 3. The molecule has 0 unspecified atom stereocenters. The molecule has 1 N–H and O–H groups in total. The zero-order valence-electron chi connectivity index (χ0n) is 9.72. The van der Waals surface area contributed by atoms with Crippen LogP contribution in [0.25, 0.3) is 10.9 Å². The zero-order valence-corrected chi connectivity index (χ0v) is 9.72. The van der Waals surface area contributed by atoms with Crippen molar-refractivity contribution in [3.63, 3.8) is 0 Å². The molecule has 4 nitrogen and oxygen atoms in total. The highest BCUT2D eigenvalue weighted by Gasteiger charge is 2.22. The van der Waals surface area contributed by atoms with Gasteiger partial charge in [-0.25, -0.2) is 0 Å². The van der Waals surface area contributed by atoms with Crippen LogP contribution in [-0.2, 0) is 16.0 Å². The van der Waals surface area contributed by atoms with Gasteiger partial charge in [0.25, 0.3) is 11.8 Å². The second kappa shape index (κ2) is 4.14. The smallest absolute Gasteiger partial charge is 0.253 e. The van der Waals surface area contributed by atoms with E-state index in [1.807, 2.05) is 30.5 Å². The minimum absolute atomic E-state index is 0.222. The number of H-pyrrole nitrogens is 1. The molecule has 90 valence electrons. The third-order valence-corrected chi connectivity index (χ3v) is 3.18. The van der Waals surface area contributed by atoms with E-state index in [4.69, 9.17) is 0 Å². The Labute approximate surface area is 104 Å². The average Bonchev–Trinajstić information content (AvgIpc) is 2.93. The molecule has 0 fully saturated rings. The number of benzene rings is 1. The predicted octanol–water partition coefficient (Wildman–Crippen LogP) is 1.64. The topological polar surface area (TPSA) is 53.2 Å². The first kappa shape index (κ1) is 10.8. The van der Waals surface area contributed by atoms with Gasteiger partial charge in [-0.15, -0.1) is 0 Å². The van der Waals surface area contributed by atoms with Gasteiger partial charge in [0.2, 0.25) is 0 Å². The Hall–Kier alpha value is -2.36. The molecule has 1 aromatic heterocycles. The fourth-order valence-corrected chi connectivity index (χ4v) is 2.22. The van der Waals surface area contributed by atoms with E-state index >= 15 is 0 Å². The van der Waals surface area contributed by atoms with Gasteiger partial charge in [0, 0.05) is 35.8 Å². The fourth-order valence-electron chi connectivity index (χ4n) is 2.22. The van der Waals surface area contributed by atoms with Crippen LogP contribution in [0.15, 0.2) is 42.6 Å². The van der Waals surface area contributed by atoms with Gasteiger partial charge < -0.3 is 4.98 Å². The Morgan fingerprint density at radius 3 is 2.56 bits per heavy atom. The number of para-hydroxylation sites is 1. The third kappa shape index (κ3) is 1.72. The Morgan fingerprint density at radius 1 is 1.06 bits per heavy atom. The average molecular weight is 240 g/mol. The first-order chi connectivity index (χ1) is 8.75. The molecule has 1 aliphatic heterocycles. The van der Waals surface area contributed by atoms with Gasteiger partial charge in [-0.1, -0.05) is 18.2 Å². The van der Waals surface area contributed by atoms with Crippen molar-refractivity contribution in [1.82, 2.24) is 9.88 Å². The standard InChI is InChI=1S/C14H12N2O2/c17-13-5-6-14(18)16(13)8-7-10-9-15-12-4-2-1-3-11(10)12/h1-6,9,15H,7-8H2. The Morgan fingerprint density at radius 2 is 1.78 bits per heavy atom. The number of nitrogens with zero attached hydrogens (tertiary/aromatic N) is 1. The molecule has 3 rings (SSSR count). The minimum Gasteiger partial charge on any atom is -0.361 e. The monoisotopic (exact) mass is 240 g/mol. The summed E-state index contributed by atoms with van der Waals surface area (Å²) in [4.78, 5) is 27.3. The molecule has 1 aliphatic rings. The summed E-state index contributed by atoms with van der Waals surface area (Å²) in [5.74, 6) is -0.445. The predicted molar refractivity (Wildman–Crippen MR) is 67.9 cm³/mol. The van der Waals surface area contributed by atoms with Gasteiger partial charge in [-0.3, -0.25) is 14.5 Å². The summed E-state index contributed by atoms with van der Waals surface area (Å²) in [6.07, 6.45) is 5.24. The maximum absolute atomic E-state index is 11.4. The van der Waals surface area contributed by atoms with Crippen molar-refractivity contribution >= 4 is 22.7 Å². The zero-order chi connectivity index (χ0) is 12.5. The van der Waals surface area contributed by atoms with Gasteiger partial charge in [-0.2, -0.15) is 0 Å². The summed E-state index contributed by atoms with van der Waals surface area (Å²) in [5, 5.41) is 1.14. The molecule has 0 saturated heterocycles. The van der Waals surface area contributed by atoms with Gasteiger partial charge in [0.15, 0.2) is 0 Å². The van der Waals surface area contributed by atoms with Gasteiger partial charge in [0.1, 0.15) is 0 Å². The summed E-state index contributed by atoms with van der Waals surface area (Å²) < 4.78 is 0. The van der Waals surface area contributed by atoms with Crippen molar-refractivity contribution in [2.45, 2.75) is 6.42 Å². The maximum atomic E-state index is 11.4. The molecule has 18 heavy (non-hydrogen) atoms. The molecule has 2 amide bonds. The highest BCUT2D eigenvalue weighted by molar-refractivity contribution is 6.12. The van der Waals surface area contributed by atoms with E-state index in [0.29, 0.717) is 13.0 Å². The van der Waals surface area contributed by atoms with E-state index in [-0.39, 0.29) is 11.8 Å². The first-order valence-electron chi connectivity index (χ1n) is 5.84. The molecule has 4 heteroatoms. The van der Waals surface area contributed by atoms with Crippen molar-refractivity contribution in [2.75, 3.05) is 6.54 Å². The first-order valence-corrected chi connectivity index (χ1v) is 5.84. The van der Waals surface area contributed by atoms with Crippen LogP contribution in [0.3, 0.4) is 0 Å². The van der Waals surface area contributed by atoms with E-state index < -0.39 is 0 Å². The number of amides is 2. The lowest BCUT2D eigenvalue weighted by Crippen LogP contribution is -2.31. The van der Waals surface area contributed by atoms with Crippen LogP contribution in [0.4, 0.5) is 0 Å². The number of hydrogen-bond donors (Lipinski definition) is 1. The molecular formula is C14H12N2O2. The molecule has 0 radical (unpaired) electrons. The molecular weight excluding hydrogens is 228 g/mol. The number of hydrogen-bond acceptors (Lipinski definition) is 2. The lowest BCUT2D eigenvalue weighted by molar-refractivity contribution is -0.136. The molecule has 1 aromatic carbocycles. The minimum atomic E-state index is -0.222. The summed E-state index contributed by atoms with van der Waals surface area (Å²) in [6.45, 7) is 0.423. The van der Waals surface area contributed by atoms with Crippen molar-refractivity contribution in [1.29, 1.82) is 0 Å². The van der Waals surface area contributed by atoms with Crippen LogP contribution in [0, 0.1) is 0 Å². The number of carbonyl (C=O) groups excluding carboxylic acids is 2. The van der Waals surface area contributed by atoms with E-state index in [1.165, 1.54) is 17.1 Å². The number of aromatic nitrogens is 1. The summed E-state index contributed by atoms with van der Waals surface area (Å²) in [7, 11) is 0. The molecule has 2 aromatic rings. The van der Waals surface area contributed by atoms with Crippen molar-refractivity contribution in [2.24, 2.45) is 0 Å². The highest BCUT2D eigenvalue weighted by atomic mass is 16.2. The lowest BCUT2D eigenvalue weighted by atomic mass is 10.1. The quantitative estimate of drug-likeness (QED) is 0.829. The third-order valence-electron chi connectivity index (χ3n) is 3.18. The van der Waals surface area contributed by atoms with E-state index in [2.05, 4.69) is 4.98 Å². The Balaban J connectivity index is 1.78. The summed E-state index contributed by atoms with van der Waals surface area (Å²) in [5.41, 5.74) is 2.20. The van der Waals surface area contributed by atoms with Crippen molar-refractivity contribution < 1.29 is 9.59 Å². The number of nitrogens with one attached hydrogen (secondary N) is 1. The second-order valence-electron chi connectivity index (χ2n) is 4.27. The SMILES string of the molecule is O=C1C=CC(=O)N1CCc1c[nH]c2ccccc12. The molecule has 0 saturated carbocycles. The number of imide groups is 1. The lowest BCUT2D eigenvalue weighted by Gasteiger charge is -2.12. The number of carbonyl (C=O) groups is 2. The van der Waals surface area contributed by atoms with Crippen LogP contribution in [0.5, 0.6) is 0 Å². The second-order valence-corrected chi connectivity index (χ2v) is 4.27. The van der Waals surface area contributed by atoms with E-state index in [0.717, 1.165) is 16.5 Å². The molecule has 2 heterocycles. The van der Waals surface area contributed by atoms with Gasteiger partial charge in [0.05, 0.1) is 0 Å². The molecule has 0 spiro atoms. The molecule has 0 atom stereocenters. The van der Waals surface area contributed by atoms with Crippen LogP contribution < -0.4 is 0 Å². The number of fused-ring (bicyclic) bond motifs is 1. The largest absolute Gasteiger partial charge is 0.361 e. The van der Waals surface area contributed by atoms with Crippen LogP contribution in [0.1, 0.15) is 5.56 Å².